The van der Waals surface area contributed by atoms with Crippen molar-refractivity contribution in [1.82, 2.24) is 0 Å². The number of aliphatic hydroxyl groups excluding tert-OH is 4. The zero-order valence-electron chi connectivity index (χ0n) is 28.6. The fourth-order valence-corrected chi connectivity index (χ4v) is 5.14. The Kier molecular flexibility index (Phi) is 25.9. The maximum Gasteiger partial charge on any atom is 0.306 e. The van der Waals surface area contributed by atoms with Crippen molar-refractivity contribution in [3.05, 3.63) is 24.3 Å². The highest BCUT2D eigenvalue weighted by atomic mass is 16.7. The number of hydrogen-bond donors (Lipinski definition) is 4. The first-order chi connectivity index (χ1) is 22.3. The highest BCUT2D eigenvalue weighted by molar-refractivity contribution is 5.70. The molecule has 268 valence electrons. The fourth-order valence-electron chi connectivity index (χ4n) is 5.14. The molecule has 0 aromatic carbocycles. The molecule has 1 aliphatic heterocycles. The predicted molar refractivity (Wildman–Crippen MR) is 178 cm³/mol. The third-order valence-electron chi connectivity index (χ3n) is 8.09. The third kappa shape index (κ3) is 20.4. The van der Waals surface area contributed by atoms with Gasteiger partial charge in [0.2, 0.25) is 0 Å². The van der Waals surface area contributed by atoms with E-state index in [0.29, 0.717) is 6.42 Å². The second kappa shape index (κ2) is 28.2. The minimum absolute atomic E-state index is 0.215. The molecule has 10 heteroatoms. The lowest BCUT2D eigenvalue weighted by atomic mass is 9.99. The SMILES string of the molecule is CCCC/C=C\C/C=C\CCCCCCCC(=O)OC(COC(=O)CCCCCCCCC)COC1OC(CO)C(O)C(O)C1O. The number of carbonyl (C=O) groups excluding carboxylic acids is 2. The van der Waals surface area contributed by atoms with Gasteiger partial charge in [0.15, 0.2) is 12.4 Å². The Bertz CT molecular complexity index is 815. The molecule has 0 aliphatic carbocycles. The standard InChI is InChI=1S/C36H64O10/c1-3-5-7-9-11-12-13-14-15-16-17-19-21-23-25-32(39)45-29(27-43-31(38)24-22-20-18-10-8-6-4-2)28-44-36-35(42)34(41)33(40)30(26-37)46-36/h9,11,13-14,29-30,33-37,40-42H,3-8,10,12,15-28H2,1-2H3/b11-9-,14-13-. The van der Waals surface area contributed by atoms with E-state index < -0.39 is 49.4 Å². The van der Waals surface area contributed by atoms with Gasteiger partial charge < -0.3 is 39.4 Å². The molecule has 0 saturated carbocycles. The first kappa shape index (κ1) is 42.2. The molecule has 0 bridgehead atoms. The Balaban J connectivity index is 2.43. The molecule has 10 nitrogen and oxygen atoms in total. The first-order valence-corrected chi connectivity index (χ1v) is 17.9. The summed E-state index contributed by atoms with van der Waals surface area (Å²) in [6.07, 6.45) is 19.2. The van der Waals surface area contributed by atoms with Gasteiger partial charge in [-0.05, 0) is 38.5 Å². The number of rotatable bonds is 28. The van der Waals surface area contributed by atoms with Crippen molar-refractivity contribution in [2.75, 3.05) is 19.8 Å². The van der Waals surface area contributed by atoms with Crippen LogP contribution < -0.4 is 0 Å². The van der Waals surface area contributed by atoms with Gasteiger partial charge in [0, 0.05) is 12.8 Å². The molecule has 0 amide bonds. The lowest BCUT2D eigenvalue weighted by Gasteiger charge is -2.39. The van der Waals surface area contributed by atoms with Gasteiger partial charge in [0.25, 0.3) is 0 Å². The monoisotopic (exact) mass is 656 g/mol. The molecular weight excluding hydrogens is 592 g/mol. The average Bonchev–Trinajstić information content (AvgIpc) is 3.05. The second-order valence-electron chi connectivity index (χ2n) is 12.3. The summed E-state index contributed by atoms with van der Waals surface area (Å²) in [7, 11) is 0. The van der Waals surface area contributed by atoms with Crippen LogP contribution in [0.15, 0.2) is 24.3 Å². The van der Waals surface area contributed by atoms with Crippen molar-refractivity contribution in [2.45, 2.75) is 173 Å². The van der Waals surface area contributed by atoms with E-state index in [0.717, 1.165) is 70.6 Å². The van der Waals surface area contributed by atoms with E-state index in [9.17, 15) is 30.0 Å². The average molecular weight is 657 g/mol. The first-order valence-electron chi connectivity index (χ1n) is 17.9. The van der Waals surface area contributed by atoms with Crippen molar-refractivity contribution in [1.29, 1.82) is 0 Å². The number of ether oxygens (including phenoxy) is 4. The van der Waals surface area contributed by atoms with Crippen LogP contribution in [0.25, 0.3) is 0 Å². The lowest BCUT2D eigenvalue weighted by molar-refractivity contribution is -0.305. The van der Waals surface area contributed by atoms with Crippen molar-refractivity contribution < 1.29 is 49.0 Å². The molecule has 1 fully saturated rings. The highest BCUT2D eigenvalue weighted by Gasteiger charge is 2.44. The Morgan fingerprint density at radius 1 is 0.674 bits per heavy atom. The van der Waals surface area contributed by atoms with Gasteiger partial charge in [-0.25, -0.2) is 0 Å². The molecule has 0 aromatic heterocycles. The van der Waals surface area contributed by atoms with Crippen molar-refractivity contribution in [2.24, 2.45) is 0 Å². The summed E-state index contributed by atoms with van der Waals surface area (Å²) in [5.74, 6) is -0.832. The van der Waals surface area contributed by atoms with E-state index >= 15 is 0 Å². The topological polar surface area (TPSA) is 152 Å². The molecule has 1 heterocycles. The van der Waals surface area contributed by atoms with Crippen LogP contribution in [0.1, 0.15) is 136 Å². The van der Waals surface area contributed by atoms with Crippen LogP contribution in [0.3, 0.4) is 0 Å². The van der Waals surface area contributed by atoms with Crippen LogP contribution in [-0.2, 0) is 28.5 Å². The number of hydrogen-bond acceptors (Lipinski definition) is 10. The van der Waals surface area contributed by atoms with E-state index in [4.69, 9.17) is 18.9 Å². The Morgan fingerprint density at radius 2 is 1.24 bits per heavy atom. The smallest absolute Gasteiger partial charge is 0.306 e. The van der Waals surface area contributed by atoms with Gasteiger partial charge in [-0.1, -0.05) is 109 Å². The molecule has 0 radical (unpaired) electrons. The van der Waals surface area contributed by atoms with Gasteiger partial charge >= 0.3 is 11.9 Å². The summed E-state index contributed by atoms with van der Waals surface area (Å²) in [5, 5.41) is 39.7. The van der Waals surface area contributed by atoms with Gasteiger partial charge in [-0.3, -0.25) is 9.59 Å². The Labute approximate surface area is 277 Å². The third-order valence-corrected chi connectivity index (χ3v) is 8.09. The van der Waals surface area contributed by atoms with Crippen molar-refractivity contribution in [3.8, 4) is 0 Å². The minimum Gasteiger partial charge on any atom is -0.462 e. The van der Waals surface area contributed by atoms with Gasteiger partial charge in [0.05, 0.1) is 13.2 Å². The molecule has 1 aliphatic rings. The van der Waals surface area contributed by atoms with Crippen LogP contribution in [0, 0.1) is 0 Å². The van der Waals surface area contributed by atoms with Crippen LogP contribution in [0.5, 0.6) is 0 Å². The summed E-state index contributed by atoms with van der Waals surface area (Å²) >= 11 is 0. The normalized spacial score (nSPS) is 22.4. The molecule has 6 atom stereocenters. The molecule has 46 heavy (non-hydrogen) atoms. The number of aliphatic hydroxyl groups is 4. The van der Waals surface area contributed by atoms with E-state index in [1.165, 1.54) is 32.1 Å². The minimum atomic E-state index is -1.59. The van der Waals surface area contributed by atoms with E-state index in [1.54, 1.807) is 0 Å². The van der Waals surface area contributed by atoms with E-state index in [2.05, 4.69) is 38.2 Å². The van der Waals surface area contributed by atoms with Crippen molar-refractivity contribution >= 4 is 11.9 Å². The zero-order chi connectivity index (χ0) is 33.8. The summed E-state index contributed by atoms with van der Waals surface area (Å²) in [4.78, 5) is 25.0. The van der Waals surface area contributed by atoms with E-state index in [-0.39, 0.29) is 32.0 Å². The van der Waals surface area contributed by atoms with Crippen LogP contribution in [0.4, 0.5) is 0 Å². The van der Waals surface area contributed by atoms with Gasteiger partial charge in [-0.15, -0.1) is 0 Å². The van der Waals surface area contributed by atoms with Gasteiger partial charge in [-0.2, -0.15) is 0 Å². The highest BCUT2D eigenvalue weighted by Crippen LogP contribution is 2.22. The van der Waals surface area contributed by atoms with Crippen molar-refractivity contribution in [3.63, 3.8) is 0 Å². The maximum atomic E-state index is 12.6. The van der Waals surface area contributed by atoms with Crippen LogP contribution in [-0.4, -0.2) is 89.0 Å². The summed E-state index contributed by atoms with van der Waals surface area (Å²) in [6.45, 7) is 3.28. The van der Waals surface area contributed by atoms with Crippen LogP contribution >= 0.6 is 0 Å². The Morgan fingerprint density at radius 3 is 1.87 bits per heavy atom. The lowest BCUT2D eigenvalue weighted by Crippen LogP contribution is -2.59. The quantitative estimate of drug-likeness (QED) is 0.0460. The van der Waals surface area contributed by atoms with Gasteiger partial charge in [0.1, 0.15) is 31.0 Å². The number of unbranched alkanes of at least 4 members (excludes halogenated alkanes) is 13. The molecule has 1 saturated heterocycles. The predicted octanol–water partition coefficient (Wildman–Crippen LogP) is 5.82. The van der Waals surface area contributed by atoms with E-state index in [1.807, 2.05) is 0 Å². The molecule has 0 aromatic rings. The molecule has 4 N–H and O–H groups in total. The summed E-state index contributed by atoms with van der Waals surface area (Å²) in [6, 6.07) is 0. The molecular formula is C36H64O10. The number of esters is 2. The molecule has 1 rings (SSSR count). The summed E-state index contributed by atoms with van der Waals surface area (Å²) in [5.41, 5.74) is 0. The fraction of sp³-hybridized carbons (Fsp3) is 0.833. The summed E-state index contributed by atoms with van der Waals surface area (Å²) < 4.78 is 21.9. The zero-order valence-corrected chi connectivity index (χ0v) is 28.6. The largest absolute Gasteiger partial charge is 0.462 e. The Hall–Kier alpha value is -1.82. The maximum absolute atomic E-state index is 12.6. The molecule has 6 unspecified atom stereocenters. The second-order valence-corrected chi connectivity index (χ2v) is 12.3. The number of allylic oxidation sites excluding steroid dienone is 4. The van der Waals surface area contributed by atoms with Crippen LogP contribution in [0.2, 0.25) is 0 Å². The number of carbonyl (C=O) groups is 2. The molecule has 0 spiro atoms.